The maximum atomic E-state index is 11.1. The fourth-order valence-corrected chi connectivity index (χ4v) is 2.09. The average molecular weight is 213 g/mol. The summed E-state index contributed by atoms with van der Waals surface area (Å²) in [7, 11) is 1.89. The van der Waals surface area contributed by atoms with Crippen molar-refractivity contribution in [3.05, 3.63) is 0 Å². The molecular weight excluding hydrogens is 190 g/mol. The number of nitrogens with one attached hydrogen (secondary N) is 2. The molecule has 1 heterocycles. The highest BCUT2D eigenvalue weighted by Gasteiger charge is 2.33. The zero-order chi connectivity index (χ0) is 11.1. The van der Waals surface area contributed by atoms with Gasteiger partial charge >= 0.3 is 0 Å². The van der Waals surface area contributed by atoms with Gasteiger partial charge in [-0.2, -0.15) is 0 Å². The number of rotatable bonds is 6. The molecule has 88 valence electrons. The van der Waals surface area contributed by atoms with Crippen LogP contribution in [0.25, 0.3) is 0 Å². The molecule has 0 unspecified atom stereocenters. The minimum Gasteiger partial charge on any atom is -0.308 e. The molecule has 1 aliphatic heterocycles. The third-order valence-corrected chi connectivity index (χ3v) is 3.13. The van der Waals surface area contributed by atoms with Crippen LogP contribution in [0.4, 0.5) is 0 Å². The second-order valence-corrected chi connectivity index (χ2v) is 4.32. The number of carbonyl (C=O) groups excluding carboxylic acids is 1. The lowest BCUT2D eigenvalue weighted by atomic mass is 9.89. The molecule has 0 spiro atoms. The molecule has 2 N–H and O–H groups in total. The molecule has 0 atom stereocenters. The van der Waals surface area contributed by atoms with Gasteiger partial charge in [-0.1, -0.05) is 6.92 Å². The SMILES string of the molecule is CCCN1CCC(C=O)(NCNC)CC1. The van der Waals surface area contributed by atoms with Crippen LogP contribution < -0.4 is 10.6 Å². The van der Waals surface area contributed by atoms with Crippen molar-refractivity contribution >= 4 is 6.29 Å². The van der Waals surface area contributed by atoms with Gasteiger partial charge in [0.15, 0.2) is 0 Å². The molecule has 0 aromatic carbocycles. The van der Waals surface area contributed by atoms with Crippen LogP contribution in [-0.4, -0.2) is 50.1 Å². The van der Waals surface area contributed by atoms with Gasteiger partial charge in [-0.3, -0.25) is 5.32 Å². The van der Waals surface area contributed by atoms with Crippen molar-refractivity contribution < 1.29 is 4.79 Å². The van der Waals surface area contributed by atoms with E-state index in [9.17, 15) is 4.79 Å². The van der Waals surface area contributed by atoms with E-state index in [0.29, 0.717) is 6.67 Å². The summed E-state index contributed by atoms with van der Waals surface area (Å²) in [6.45, 7) is 6.11. The Bertz CT molecular complexity index is 188. The first-order valence-electron chi connectivity index (χ1n) is 5.84. The van der Waals surface area contributed by atoms with Crippen molar-refractivity contribution in [3.8, 4) is 0 Å². The van der Waals surface area contributed by atoms with Crippen molar-refractivity contribution in [1.82, 2.24) is 15.5 Å². The second-order valence-electron chi connectivity index (χ2n) is 4.32. The smallest absolute Gasteiger partial charge is 0.140 e. The van der Waals surface area contributed by atoms with Crippen molar-refractivity contribution in [2.75, 3.05) is 33.4 Å². The lowest BCUT2D eigenvalue weighted by molar-refractivity contribution is -0.115. The van der Waals surface area contributed by atoms with E-state index in [1.54, 1.807) is 0 Å². The van der Waals surface area contributed by atoms with Crippen molar-refractivity contribution in [1.29, 1.82) is 0 Å². The summed E-state index contributed by atoms with van der Waals surface area (Å²) >= 11 is 0. The van der Waals surface area contributed by atoms with Crippen LogP contribution in [0, 0.1) is 0 Å². The quantitative estimate of drug-likeness (QED) is 0.488. The topological polar surface area (TPSA) is 44.4 Å². The third-order valence-electron chi connectivity index (χ3n) is 3.13. The predicted molar refractivity (Wildman–Crippen MR) is 61.8 cm³/mol. The Kier molecular flexibility index (Phi) is 5.22. The first-order chi connectivity index (χ1) is 7.26. The van der Waals surface area contributed by atoms with Crippen LogP contribution in [0.5, 0.6) is 0 Å². The number of hydrogen-bond acceptors (Lipinski definition) is 4. The van der Waals surface area contributed by atoms with Crippen molar-refractivity contribution in [3.63, 3.8) is 0 Å². The molecular formula is C11H23N3O. The van der Waals surface area contributed by atoms with Gasteiger partial charge in [-0.15, -0.1) is 0 Å². The van der Waals surface area contributed by atoms with Crippen LogP contribution in [0.2, 0.25) is 0 Å². The lowest BCUT2D eigenvalue weighted by Crippen LogP contribution is -2.56. The number of hydrogen-bond donors (Lipinski definition) is 2. The molecule has 0 saturated carbocycles. The molecule has 1 aliphatic rings. The van der Waals surface area contributed by atoms with E-state index >= 15 is 0 Å². The molecule has 1 rings (SSSR count). The van der Waals surface area contributed by atoms with Gasteiger partial charge < -0.3 is 15.0 Å². The Morgan fingerprint density at radius 2 is 2.07 bits per heavy atom. The van der Waals surface area contributed by atoms with Gasteiger partial charge in [0.25, 0.3) is 0 Å². The molecule has 0 radical (unpaired) electrons. The van der Waals surface area contributed by atoms with Crippen LogP contribution in [0.1, 0.15) is 26.2 Å². The molecule has 4 nitrogen and oxygen atoms in total. The first-order valence-corrected chi connectivity index (χ1v) is 5.84. The zero-order valence-corrected chi connectivity index (χ0v) is 9.88. The van der Waals surface area contributed by atoms with E-state index in [4.69, 9.17) is 0 Å². The molecule has 0 amide bonds. The monoisotopic (exact) mass is 213 g/mol. The van der Waals surface area contributed by atoms with Crippen LogP contribution in [0.15, 0.2) is 0 Å². The summed E-state index contributed by atoms with van der Waals surface area (Å²) in [4.78, 5) is 13.6. The van der Waals surface area contributed by atoms with Crippen LogP contribution >= 0.6 is 0 Å². The summed E-state index contributed by atoms with van der Waals surface area (Å²) in [6, 6.07) is 0. The van der Waals surface area contributed by atoms with Gasteiger partial charge in [0.05, 0.1) is 5.54 Å². The highest BCUT2D eigenvalue weighted by atomic mass is 16.1. The summed E-state index contributed by atoms with van der Waals surface area (Å²) in [5.41, 5.74) is -0.284. The molecule has 0 aromatic rings. The van der Waals surface area contributed by atoms with Gasteiger partial charge in [-0.25, -0.2) is 0 Å². The van der Waals surface area contributed by atoms with E-state index in [1.807, 2.05) is 7.05 Å². The number of carbonyl (C=O) groups is 1. The minimum atomic E-state index is -0.284. The zero-order valence-electron chi connectivity index (χ0n) is 9.88. The van der Waals surface area contributed by atoms with Gasteiger partial charge in [0, 0.05) is 19.8 Å². The van der Waals surface area contributed by atoms with E-state index in [0.717, 1.165) is 38.8 Å². The first kappa shape index (κ1) is 12.6. The minimum absolute atomic E-state index is 0.284. The molecule has 1 fully saturated rings. The molecule has 0 aromatic heterocycles. The maximum absolute atomic E-state index is 11.1. The number of nitrogens with zero attached hydrogens (tertiary/aromatic N) is 1. The largest absolute Gasteiger partial charge is 0.308 e. The maximum Gasteiger partial charge on any atom is 0.140 e. The van der Waals surface area contributed by atoms with E-state index in [1.165, 1.54) is 6.42 Å². The van der Waals surface area contributed by atoms with Crippen LogP contribution in [-0.2, 0) is 4.79 Å². The Balaban J connectivity index is 2.39. The highest BCUT2D eigenvalue weighted by molar-refractivity contribution is 5.64. The number of aldehydes is 1. The summed E-state index contributed by atoms with van der Waals surface area (Å²) < 4.78 is 0. The number of likely N-dealkylation sites (tertiary alicyclic amines) is 1. The van der Waals surface area contributed by atoms with E-state index in [2.05, 4.69) is 22.5 Å². The normalized spacial score (nSPS) is 21.5. The highest BCUT2D eigenvalue weighted by Crippen LogP contribution is 2.19. The second kappa shape index (κ2) is 6.20. The predicted octanol–water partition coefficient (Wildman–Crippen LogP) is 0.196. The molecule has 0 bridgehead atoms. The van der Waals surface area contributed by atoms with E-state index < -0.39 is 0 Å². The van der Waals surface area contributed by atoms with Gasteiger partial charge in [0.1, 0.15) is 6.29 Å². The molecule has 1 saturated heterocycles. The lowest BCUT2D eigenvalue weighted by Gasteiger charge is -2.38. The van der Waals surface area contributed by atoms with E-state index in [-0.39, 0.29) is 5.54 Å². The fourth-order valence-electron chi connectivity index (χ4n) is 2.09. The fraction of sp³-hybridized carbons (Fsp3) is 0.909. The molecule has 15 heavy (non-hydrogen) atoms. The average Bonchev–Trinajstić information content (AvgIpc) is 2.29. The summed E-state index contributed by atoms with van der Waals surface area (Å²) in [5, 5.41) is 6.32. The Morgan fingerprint density at radius 1 is 1.40 bits per heavy atom. The number of piperidine rings is 1. The van der Waals surface area contributed by atoms with Crippen LogP contribution in [0.3, 0.4) is 0 Å². The Labute approximate surface area is 92.4 Å². The van der Waals surface area contributed by atoms with Crippen molar-refractivity contribution in [2.24, 2.45) is 0 Å². The Hall–Kier alpha value is -0.450. The third kappa shape index (κ3) is 3.55. The molecule has 0 aliphatic carbocycles. The van der Waals surface area contributed by atoms with Gasteiger partial charge in [0.2, 0.25) is 0 Å². The molecule has 4 heteroatoms. The standard InChI is InChI=1S/C11H23N3O/c1-3-6-14-7-4-11(9-15,5-8-14)13-10-12-2/h9,12-13H,3-8,10H2,1-2H3. The van der Waals surface area contributed by atoms with Gasteiger partial charge in [-0.05, 0) is 32.9 Å². The summed E-state index contributed by atoms with van der Waals surface area (Å²) in [6.07, 6.45) is 4.14. The van der Waals surface area contributed by atoms with Crippen molar-refractivity contribution in [2.45, 2.75) is 31.7 Å². The summed E-state index contributed by atoms with van der Waals surface area (Å²) in [5.74, 6) is 0. The Morgan fingerprint density at radius 3 is 2.53 bits per heavy atom.